The highest BCUT2D eigenvalue weighted by molar-refractivity contribution is 7.91. The monoisotopic (exact) mass is 852 g/mol. The number of alkyl carbamates (subject to hydrolysis) is 1. The molecule has 2 aliphatic heterocycles. The highest BCUT2D eigenvalue weighted by Crippen LogP contribution is 2.48. The van der Waals surface area contributed by atoms with Crippen LogP contribution in [0, 0.1) is 5.92 Å². The maximum absolute atomic E-state index is 14.5. The third-order valence-electron chi connectivity index (χ3n) is 11.9. The number of methoxy groups -OCH3 is 1. The first-order valence-corrected chi connectivity index (χ1v) is 21.2. The fourth-order valence-corrected chi connectivity index (χ4v) is 9.20. The number of ether oxygens (including phenoxy) is 2. The fraction of sp³-hybridized carbons (Fsp3) is 0.463. The van der Waals surface area contributed by atoms with Crippen molar-refractivity contribution in [3.8, 4) is 17.3 Å². The van der Waals surface area contributed by atoms with Gasteiger partial charge in [0.15, 0.2) is 5.82 Å². The van der Waals surface area contributed by atoms with Crippen LogP contribution in [0.15, 0.2) is 65.1 Å². The minimum absolute atomic E-state index is 0.0255. The Bertz CT molecular complexity index is 2510. The van der Waals surface area contributed by atoms with Crippen LogP contribution >= 0.6 is 0 Å². The number of furan rings is 1. The van der Waals surface area contributed by atoms with Crippen LogP contribution in [0.2, 0.25) is 0 Å². The summed E-state index contributed by atoms with van der Waals surface area (Å²) in [6.07, 6.45) is 0.902. The van der Waals surface area contributed by atoms with Gasteiger partial charge in [-0.15, -0.1) is 0 Å². The Balaban J connectivity index is 1.15. The molecule has 8 rings (SSSR count). The number of nitrogens with one attached hydrogen (secondary N) is 3. The van der Waals surface area contributed by atoms with Crippen molar-refractivity contribution < 1.29 is 54.7 Å². The van der Waals surface area contributed by atoms with Gasteiger partial charge in [-0.25, -0.2) is 18.2 Å². The molecule has 0 spiro atoms. The van der Waals surface area contributed by atoms with Gasteiger partial charge >= 0.3 is 12.3 Å². The number of benzene rings is 2. The minimum atomic E-state index is -4.57. The average Bonchev–Trinajstić information content (AvgIpc) is 4.04. The van der Waals surface area contributed by atoms with Gasteiger partial charge in [0.25, 0.3) is 11.8 Å². The van der Waals surface area contributed by atoms with Crippen LogP contribution in [-0.4, -0.2) is 89.2 Å². The van der Waals surface area contributed by atoms with Crippen LogP contribution in [0.1, 0.15) is 70.3 Å². The summed E-state index contributed by atoms with van der Waals surface area (Å²) in [4.78, 5) is 65.8. The molecule has 318 valence electrons. The van der Waals surface area contributed by atoms with E-state index in [-0.39, 0.29) is 48.7 Å². The second-order valence-electron chi connectivity index (χ2n) is 16.1. The van der Waals surface area contributed by atoms with E-state index < -0.39 is 80.0 Å². The van der Waals surface area contributed by atoms with Gasteiger partial charge in [-0.05, 0) is 69.7 Å². The maximum atomic E-state index is 14.5. The number of alkyl halides is 3. The molecule has 3 fully saturated rings. The molecule has 4 aliphatic rings. The molecular formula is C41H43F3N6O9S. The predicted molar refractivity (Wildman–Crippen MR) is 210 cm³/mol. The van der Waals surface area contributed by atoms with Gasteiger partial charge in [0.2, 0.25) is 27.4 Å². The lowest BCUT2D eigenvalue weighted by Crippen LogP contribution is -2.58. The average molecular weight is 853 g/mol. The summed E-state index contributed by atoms with van der Waals surface area (Å²) in [6.45, 7) is 1.34. The van der Waals surface area contributed by atoms with E-state index in [0.29, 0.717) is 48.6 Å². The molecule has 0 unspecified atom stereocenters. The van der Waals surface area contributed by atoms with Crippen molar-refractivity contribution in [3.63, 3.8) is 0 Å². The van der Waals surface area contributed by atoms with E-state index in [1.165, 1.54) is 17.0 Å². The van der Waals surface area contributed by atoms with E-state index in [1.807, 2.05) is 6.08 Å². The van der Waals surface area contributed by atoms with Crippen LogP contribution in [-0.2, 0) is 35.3 Å². The molecule has 2 aromatic heterocycles. The summed E-state index contributed by atoms with van der Waals surface area (Å²) >= 11 is 0. The number of fused-ring (bicyclic) bond motifs is 5. The van der Waals surface area contributed by atoms with Gasteiger partial charge in [-0.1, -0.05) is 49.3 Å². The highest BCUT2D eigenvalue weighted by atomic mass is 32.2. The fourth-order valence-electron chi connectivity index (χ4n) is 7.89. The lowest BCUT2D eigenvalue weighted by molar-refractivity contribution is -0.141. The third-order valence-corrected chi connectivity index (χ3v) is 14.0. The number of carbonyl (C=O) groups excluding carboxylic acids is 4. The topological polar surface area (TPSA) is 199 Å². The van der Waals surface area contributed by atoms with Gasteiger partial charge < -0.3 is 29.4 Å². The lowest BCUT2D eigenvalue weighted by atomic mass is 10.1. The van der Waals surface area contributed by atoms with Crippen molar-refractivity contribution in [2.75, 3.05) is 13.7 Å². The quantitative estimate of drug-likeness (QED) is 0.198. The molecule has 4 amide bonds. The summed E-state index contributed by atoms with van der Waals surface area (Å²) in [5, 5.41) is 5.98. The molecule has 0 bridgehead atoms. The van der Waals surface area contributed by atoms with Crippen LogP contribution in [0.25, 0.3) is 33.5 Å². The molecule has 4 aromatic rings. The first-order chi connectivity index (χ1) is 28.5. The second-order valence-corrected chi connectivity index (χ2v) is 18.3. The normalized spacial score (nSPS) is 26.2. The molecule has 2 saturated carbocycles. The Kier molecular flexibility index (Phi) is 10.5. The van der Waals surface area contributed by atoms with Crippen molar-refractivity contribution in [1.29, 1.82) is 0 Å². The summed E-state index contributed by atoms with van der Waals surface area (Å²) in [5.41, 5.74) is -1.37. The summed E-state index contributed by atoms with van der Waals surface area (Å²) in [5.74, 6) is -2.83. The molecule has 2 aromatic carbocycles. The first-order valence-electron chi connectivity index (χ1n) is 19.8. The second kappa shape index (κ2) is 15.4. The van der Waals surface area contributed by atoms with Gasteiger partial charge in [-0.2, -0.15) is 18.2 Å². The van der Waals surface area contributed by atoms with Crippen molar-refractivity contribution in [1.82, 2.24) is 30.2 Å². The number of rotatable bonds is 7. The third kappa shape index (κ3) is 7.86. The molecule has 60 heavy (non-hydrogen) atoms. The predicted octanol–water partition coefficient (Wildman–Crippen LogP) is 5.53. The molecule has 1 saturated heterocycles. The van der Waals surface area contributed by atoms with E-state index in [2.05, 4.69) is 25.3 Å². The van der Waals surface area contributed by atoms with Crippen molar-refractivity contribution in [2.45, 2.75) is 99.4 Å². The molecule has 15 nitrogen and oxygen atoms in total. The number of sulfonamides is 1. The van der Waals surface area contributed by atoms with Crippen LogP contribution in [0.4, 0.5) is 18.0 Å². The van der Waals surface area contributed by atoms with Gasteiger partial charge in [0, 0.05) is 23.3 Å². The minimum Gasteiger partial charge on any atom is -0.470 e. The smallest absolute Gasteiger partial charge is 0.416 e. The SMILES string of the molecule is COC(=O)N[C@H]1CCCCC/C=C\[C@H]2C[C@@]2(C(=O)NS(=O)(=O)C2(C)CC2)NC(=O)[C@@H]2C[C@@H](Oc3nc(-c4ccc(C(F)(F)F)cc4)nc4c3oc3ccccc34)CN2C1=O. The van der Waals surface area contributed by atoms with Crippen LogP contribution in [0.5, 0.6) is 5.88 Å². The lowest BCUT2D eigenvalue weighted by Gasteiger charge is -2.29. The van der Waals surface area contributed by atoms with Crippen molar-refractivity contribution >= 4 is 55.9 Å². The number of nitrogens with zero attached hydrogens (tertiary/aromatic N) is 3. The summed E-state index contributed by atoms with van der Waals surface area (Å²) < 4.78 is 85.2. The van der Waals surface area contributed by atoms with E-state index in [4.69, 9.17) is 13.9 Å². The number of hydrogen-bond donors (Lipinski definition) is 3. The molecule has 19 heteroatoms. The standard InChI is InChI=1S/C41H43F3N6O9S/c1-39(18-19-39)60(55,56)49-37(53)40-21-25(40)10-6-4-3-5-7-12-28(45-38(54)57-2)36(52)50-22-26(20-29(50)34(51)48-40)58-35-32-31(27-11-8-9-13-30(27)59-32)46-33(47-35)23-14-16-24(17-15-23)41(42,43)44/h6,8-11,13-17,25-26,28-29H,3-5,7,12,18-22H2,1-2H3,(H,45,54)(H,48,51)(H,49,53)/b10-6-/t25-,26+,28-,29-,40+/m0/s1. The zero-order valence-electron chi connectivity index (χ0n) is 32.7. The zero-order chi connectivity index (χ0) is 42.6. The number of allylic oxidation sites excluding steroid dienone is 1. The number of aromatic nitrogens is 2. The zero-order valence-corrected chi connectivity index (χ0v) is 33.5. The highest BCUT2D eigenvalue weighted by Gasteiger charge is 2.63. The van der Waals surface area contributed by atoms with Gasteiger partial charge in [0.1, 0.15) is 34.8 Å². The Morgan fingerprint density at radius 3 is 2.50 bits per heavy atom. The molecule has 2 aliphatic carbocycles. The summed E-state index contributed by atoms with van der Waals surface area (Å²) in [7, 11) is -2.90. The Morgan fingerprint density at radius 2 is 1.78 bits per heavy atom. The van der Waals surface area contributed by atoms with Gasteiger partial charge in [-0.3, -0.25) is 19.1 Å². The van der Waals surface area contributed by atoms with Crippen LogP contribution in [0.3, 0.4) is 0 Å². The number of hydrogen-bond acceptors (Lipinski definition) is 11. The molecular weight excluding hydrogens is 810 g/mol. The Hall–Kier alpha value is -5.72. The number of carbonyl (C=O) groups is 4. The summed E-state index contributed by atoms with van der Waals surface area (Å²) in [6, 6.07) is 8.89. The maximum Gasteiger partial charge on any atom is 0.416 e. The van der Waals surface area contributed by atoms with E-state index in [0.717, 1.165) is 25.7 Å². The van der Waals surface area contributed by atoms with E-state index >= 15 is 0 Å². The van der Waals surface area contributed by atoms with E-state index in [1.54, 1.807) is 37.3 Å². The molecule has 4 heterocycles. The van der Waals surface area contributed by atoms with Crippen molar-refractivity contribution in [3.05, 3.63) is 66.2 Å². The molecule has 3 N–H and O–H groups in total. The molecule has 5 atom stereocenters. The van der Waals surface area contributed by atoms with Crippen LogP contribution < -0.4 is 20.1 Å². The largest absolute Gasteiger partial charge is 0.470 e. The number of halogens is 3. The van der Waals surface area contributed by atoms with E-state index in [9.17, 15) is 40.8 Å². The number of amides is 4. The number of para-hydroxylation sites is 1. The van der Waals surface area contributed by atoms with Crippen molar-refractivity contribution in [2.24, 2.45) is 5.92 Å². The first kappa shape index (κ1) is 41.0. The van der Waals surface area contributed by atoms with Gasteiger partial charge in [0.05, 0.1) is 24.0 Å². The Morgan fingerprint density at radius 1 is 1.03 bits per heavy atom. The molecule has 0 radical (unpaired) electrons. The Labute approximate surface area is 342 Å².